The summed E-state index contributed by atoms with van der Waals surface area (Å²) in [5.41, 5.74) is 9.51. The molecule has 0 spiro atoms. The van der Waals surface area contributed by atoms with Crippen LogP contribution >= 0.6 is 0 Å². The molecule has 0 atom stereocenters. The number of carbonyl (C=O) groups excluding carboxylic acids is 1. The molecule has 1 aromatic carbocycles. The van der Waals surface area contributed by atoms with Gasteiger partial charge >= 0.3 is 6.18 Å². The molecule has 0 saturated heterocycles. The highest BCUT2D eigenvalue weighted by atomic mass is 19.4. The lowest BCUT2D eigenvalue weighted by Crippen LogP contribution is -2.36. The molecule has 1 amide bonds. The predicted octanol–water partition coefficient (Wildman–Crippen LogP) is 2.24. The third-order valence-corrected chi connectivity index (χ3v) is 2.64. The van der Waals surface area contributed by atoms with Crippen LogP contribution in [0.25, 0.3) is 0 Å². The van der Waals surface area contributed by atoms with Gasteiger partial charge in [0, 0.05) is 17.9 Å². The number of nitrogens with zero attached hydrogens (tertiary/aromatic N) is 1. The van der Waals surface area contributed by atoms with Crippen LogP contribution in [0.2, 0.25) is 0 Å². The van der Waals surface area contributed by atoms with Crippen LogP contribution in [0.15, 0.2) is 18.2 Å². The van der Waals surface area contributed by atoms with E-state index in [4.69, 9.17) is 11.5 Å². The van der Waals surface area contributed by atoms with Crippen LogP contribution in [0.3, 0.4) is 0 Å². The van der Waals surface area contributed by atoms with Gasteiger partial charge in [-0.2, -0.15) is 13.2 Å². The Kier molecular flexibility index (Phi) is 4.86. The SMILES string of the molecule is CC(C)CN(CC(N)=O)c1ccc(N)c(C(F)(F)F)c1. The topological polar surface area (TPSA) is 72.3 Å². The highest BCUT2D eigenvalue weighted by Crippen LogP contribution is 2.36. The smallest absolute Gasteiger partial charge is 0.398 e. The highest BCUT2D eigenvalue weighted by molar-refractivity contribution is 5.79. The van der Waals surface area contributed by atoms with E-state index in [-0.39, 0.29) is 23.8 Å². The Hall–Kier alpha value is -1.92. The van der Waals surface area contributed by atoms with Gasteiger partial charge in [0.15, 0.2) is 0 Å². The van der Waals surface area contributed by atoms with Crippen molar-refractivity contribution in [3.8, 4) is 0 Å². The van der Waals surface area contributed by atoms with E-state index >= 15 is 0 Å². The molecular weight excluding hydrogens is 271 g/mol. The van der Waals surface area contributed by atoms with Crippen LogP contribution in [0.1, 0.15) is 19.4 Å². The first kappa shape index (κ1) is 16.1. The number of amides is 1. The number of benzene rings is 1. The van der Waals surface area contributed by atoms with Crippen molar-refractivity contribution in [1.82, 2.24) is 0 Å². The summed E-state index contributed by atoms with van der Waals surface area (Å²) in [6.45, 7) is 4.08. The van der Waals surface area contributed by atoms with Gasteiger partial charge in [-0.3, -0.25) is 4.79 Å². The second-order valence-corrected chi connectivity index (χ2v) is 5.01. The minimum absolute atomic E-state index is 0.139. The molecule has 0 aromatic heterocycles. The maximum Gasteiger partial charge on any atom is 0.418 e. The van der Waals surface area contributed by atoms with Crippen LogP contribution in [0.4, 0.5) is 24.5 Å². The van der Waals surface area contributed by atoms with Gasteiger partial charge in [0.1, 0.15) is 0 Å². The Labute approximate surface area is 115 Å². The van der Waals surface area contributed by atoms with E-state index in [0.29, 0.717) is 6.54 Å². The Morgan fingerprint density at radius 1 is 1.35 bits per heavy atom. The second kappa shape index (κ2) is 6.02. The molecule has 112 valence electrons. The first-order chi connectivity index (χ1) is 9.11. The van der Waals surface area contributed by atoms with Gasteiger partial charge in [-0.1, -0.05) is 13.8 Å². The van der Waals surface area contributed by atoms with Gasteiger partial charge in [0.05, 0.1) is 12.1 Å². The van der Waals surface area contributed by atoms with Gasteiger partial charge in [-0.15, -0.1) is 0 Å². The number of primary amides is 1. The molecule has 0 aliphatic carbocycles. The van der Waals surface area contributed by atoms with Crippen LogP contribution in [0, 0.1) is 5.92 Å². The third-order valence-electron chi connectivity index (χ3n) is 2.64. The Morgan fingerprint density at radius 3 is 2.40 bits per heavy atom. The summed E-state index contributed by atoms with van der Waals surface area (Å²) < 4.78 is 38.5. The molecule has 1 rings (SSSR count). The number of anilines is 2. The molecule has 4 nitrogen and oxygen atoms in total. The van der Waals surface area contributed by atoms with Crippen molar-refractivity contribution in [3.63, 3.8) is 0 Å². The van der Waals surface area contributed by atoms with Gasteiger partial charge in [-0.25, -0.2) is 0 Å². The van der Waals surface area contributed by atoms with E-state index in [1.54, 1.807) is 0 Å². The van der Waals surface area contributed by atoms with Crippen molar-refractivity contribution in [2.45, 2.75) is 20.0 Å². The molecule has 20 heavy (non-hydrogen) atoms. The summed E-state index contributed by atoms with van der Waals surface area (Å²) in [4.78, 5) is 12.6. The number of carbonyl (C=O) groups is 1. The van der Waals surface area contributed by atoms with Crippen LogP contribution in [0.5, 0.6) is 0 Å². The Balaban J connectivity index is 3.17. The summed E-state index contributed by atoms with van der Waals surface area (Å²) >= 11 is 0. The van der Waals surface area contributed by atoms with E-state index in [9.17, 15) is 18.0 Å². The fourth-order valence-corrected chi connectivity index (χ4v) is 1.88. The summed E-state index contributed by atoms with van der Waals surface area (Å²) in [5.74, 6) is -0.433. The van der Waals surface area contributed by atoms with E-state index in [1.807, 2.05) is 13.8 Å². The number of halogens is 3. The zero-order valence-electron chi connectivity index (χ0n) is 11.4. The van der Waals surface area contributed by atoms with E-state index in [2.05, 4.69) is 0 Å². The number of alkyl halides is 3. The lowest BCUT2D eigenvalue weighted by Gasteiger charge is -2.26. The van der Waals surface area contributed by atoms with Gasteiger partial charge in [0.2, 0.25) is 5.91 Å². The van der Waals surface area contributed by atoms with Gasteiger partial charge in [0.25, 0.3) is 0 Å². The predicted molar refractivity (Wildman–Crippen MR) is 72.1 cm³/mol. The average molecular weight is 289 g/mol. The van der Waals surface area contributed by atoms with E-state index < -0.39 is 17.6 Å². The number of hydrogen-bond acceptors (Lipinski definition) is 3. The Morgan fingerprint density at radius 2 is 1.95 bits per heavy atom. The number of hydrogen-bond donors (Lipinski definition) is 2. The molecule has 7 heteroatoms. The largest absolute Gasteiger partial charge is 0.418 e. The van der Waals surface area contributed by atoms with Gasteiger partial charge < -0.3 is 16.4 Å². The van der Waals surface area contributed by atoms with Crippen LogP contribution in [-0.2, 0) is 11.0 Å². The summed E-state index contributed by atoms with van der Waals surface area (Å²) in [5, 5.41) is 0. The Bertz CT molecular complexity index is 486. The minimum Gasteiger partial charge on any atom is -0.398 e. The van der Waals surface area contributed by atoms with Crippen LogP contribution < -0.4 is 16.4 Å². The number of nitrogen functional groups attached to an aromatic ring is 1. The number of nitrogens with two attached hydrogens (primary N) is 2. The summed E-state index contributed by atoms with van der Waals surface area (Å²) in [6.07, 6.45) is -4.53. The molecule has 0 fully saturated rings. The van der Waals surface area contributed by atoms with E-state index in [1.165, 1.54) is 17.0 Å². The first-order valence-electron chi connectivity index (χ1n) is 6.11. The standard InChI is InChI=1S/C13H18F3N3O/c1-8(2)6-19(7-12(18)20)9-3-4-11(17)10(5-9)13(14,15)16/h3-5,8H,6-7,17H2,1-2H3,(H2,18,20). The first-order valence-corrected chi connectivity index (χ1v) is 6.11. The highest BCUT2D eigenvalue weighted by Gasteiger charge is 2.33. The second-order valence-electron chi connectivity index (χ2n) is 5.01. The molecule has 0 unspecified atom stereocenters. The number of rotatable bonds is 5. The lowest BCUT2D eigenvalue weighted by molar-refractivity contribution is -0.136. The minimum atomic E-state index is -4.53. The quantitative estimate of drug-likeness (QED) is 0.816. The fourth-order valence-electron chi connectivity index (χ4n) is 1.88. The van der Waals surface area contributed by atoms with Crippen molar-refractivity contribution in [2.24, 2.45) is 11.7 Å². The zero-order valence-corrected chi connectivity index (χ0v) is 11.4. The van der Waals surface area contributed by atoms with Crippen molar-refractivity contribution >= 4 is 17.3 Å². The molecule has 0 aliphatic heterocycles. The molecule has 0 radical (unpaired) electrons. The third kappa shape index (κ3) is 4.32. The molecule has 0 saturated carbocycles. The van der Waals surface area contributed by atoms with Crippen LogP contribution in [-0.4, -0.2) is 19.0 Å². The van der Waals surface area contributed by atoms with Crippen molar-refractivity contribution < 1.29 is 18.0 Å². The van der Waals surface area contributed by atoms with Gasteiger partial charge in [-0.05, 0) is 24.1 Å². The monoisotopic (exact) mass is 289 g/mol. The maximum atomic E-state index is 12.8. The average Bonchev–Trinajstić information content (AvgIpc) is 2.25. The molecule has 0 heterocycles. The molecule has 4 N–H and O–H groups in total. The normalized spacial score (nSPS) is 11.7. The van der Waals surface area contributed by atoms with Crippen molar-refractivity contribution in [2.75, 3.05) is 23.7 Å². The molecular formula is C13H18F3N3O. The lowest BCUT2D eigenvalue weighted by atomic mass is 10.1. The van der Waals surface area contributed by atoms with Crippen molar-refractivity contribution in [3.05, 3.63) is 23.8 Å². The van der Waals surface area contributed by atoms with Crippen molar-refractivity contribution in [1.29, 1.82) is 0 Å². The molecule has 0 aliphatic rings. The summed E-state index contributed by atoms with van der Waals surface area (Å²) in [7, 11) is 0. The fraction of sp³-hybridized carbons (Fsp3) is 0.462. The van der Waals surface area contributed by atoms with E-state index in [0.717, 1.165) is 6.07 Å². The molecule has 1 aromatic rings. The molecule has 0 bridgehead atoms. The maximum absolute atomic E-state index is 12.8. The zero-order chi connectivity index (χ0) is 15.5. The summed E-state index contributed by atoms with van der Waals surface area (Å²) in [6, 6.07) is 3.59.